The van der Waals surface area contributed by atoms with Crippen molar-refractivity contribution < 1.29 is 14.6 Å². The molecule has 1 rings (SSSR count). The van der Waals surface area contributed by atoms with Gasteiger partial charge in [0.05, 0.1) is 11.7 Å². The summed E-state index contributed by atoms with van der Waals surface area (Å²) in [6, 6.07) is 3.24. The van der Waals surface area contributed by atoms with Gasteiger partial charge < -0.3 is 15.2 Å². The van der Waals surface area contributed by atoms with Crippen molar-refractivity contribution in [2.24, 2.45) is 0 Å². The van der Waals surface area contributed by atoms with E-state index in [9.17, 15) is 4.79 Å². The Kier molecular flexibility index (Phi) is 7.75. The monoisotopic (exact) mass is 294 g/mol. The molecule has 2 N–H and O–H groups in total. The van der Waals surface area contributed by atoms with Crippen molar-refractivity contribution in [3.8, 4) is 0 Å². The summed E-state index contributed by atoms with van der Waals surface area (Å²) in [5.41, 5.74) is 1.11. The van der Waals surface area contributed by atoms with Gasteiger partial charge in [-0.15, -0.1) is 0 Å². The van der Waals surface area contributed by atoms with E-state index in [0.717, 1.165) is 44.5 Å². The van der Waals surface area contributed by atoms with Gasteiger partial charge in [-0.1, -0.05) is 13.3 Å². The number of nitrogens with zero attached hydrogens (tertiary/aromatic N) is 1. The molecule has 0 bridgehead atoms. The molecule has 5 nitrogen and oxygen atoms in total. The Bertz CT molecular complexity index is 447. The minimum atomic E-state index is -0.914. The highest BCUT2D eigenvalue weighted by Crippen LogP contribution is 2.12. The molecule has 0 unspecified atom stereocenters. The quantitative estimate of drug-likeness (QED) is 0.647. The van der Waals surface area contributed by atoms with Crippen LogP contribution < -0.4 is 5.32 Å². The summed E-state index contributed by atoms with van der Waals surface area (Å²) in [5.74, 6) is -0.272. The number of aryl methyl sites for hydroxylation is 1. The van der Waals surface area contributed by atoms with Gasteiger partial charge in [-0.2, -0.15) is 0 Å². The first-order chi connectivity index (χ1) is 10.0. The van der Waals surface area contributed by atoms with Crippen LogP contribution in [0.3, 0.4) is 0 Å². The Morgan fingerprint density at radius 3 is 2.76 bits per heavy atom. The molecule has 118 valence electrons. The molecule has 0 aliphatic carbocycles. The molecule has 0 aromatic carbocycles. The lowest BCUT2D eigenvalue weighted by atomic mass is 10.1. The van der Waals surface area contributed by atoms with Crippen LogP contribution in [0.2, 0.25) is 0 Å². The van der Waals surface area contributed by atoms with Gasteiger partial charge >= 0.3 is 5.97 Å². The highest BCUT2D eigenvalue weighted by atomic mass is 16.5. The van der Waals surface area contributed by atoms with Crippen LogP contribution >= 0.6 is 0 Å². The van der Waals surface area contributed by atoms with Crippen molar-refractivity contribution in [2.45, 2.75) is 52.6 Å². The zero-order valence-electron chi connectivity index (χ0n) is 13.2. The molecule has 5 heteroatoms. The second-order valence-electron chi connectivity index (χ2n) is 5.34. The number of pyridine rings is 1. The molecular formula is C16H26N2O3. The maximum absolute atomic E-state index is 11.1. The molecule has 0 radical (unpaired) electrons. The van der Waals surface area contributed by atoms with Gasteiger partial charge in [-0.25, -0.2) is 9.78 Å². The van der Waals surface area contributed by atoms with E-state index < -0.39 is 5.97 Å². The second-order valence-corrected chi connectivity index (χ2v) is 5.34. The average molecular weight is 294 g/mol. The molecule has 0 atom stereocenters. The predicted octanol–water partition coefficient (Wildman–Crippen LogP) is 3.35. The zero-order valence-corrected chi connectivity index (χ0v) is 13.2. The first-order valence-corrected chi connectivity index (χ1v) is 7.62. The molecule has 21 heavy (non-hydrogen) atoms. The number of hydrogen-bond acceptors (Lipinski definition) is 4. The van der Waals surface area contributed by atoms with E-state index in [1.165, 1.54) is 0 Å². The van der Waals surface area contributed by atoms with Gasteiger partial charge in [0.15, 0.2) is 0 Å². The number of carboxylic acids is 1. The summed E-state index contributed by atoms with van der Waals surface area (Å²) in [7, 11) is 0. The average Bonchev–Trinajstić information content (AvgIpc) is 2.42. The summed E-state index contributed by atoms with van der Waals surface area (Å²) >= 11 is 0. The lowest BCUT2D eigenvalue weighted by Crippen LogP contribution is -2.09. The molecule has 1 heterocycles. The van der Waals surface area contributed by atoms with Crippen LogP contribution in [0.5, 0.6) is 0 Å². The largest absolute Gasteiger partial charge is 0.478 e. The van der Waals surface area contributed by atoms with Crippen molar-refractivity contribution >= 4 is 11.8 Å². The smallest absolute Gasteiger partial charge is 0.335 e. The molecule has 1 aromatic heterocycles. The maximum atomic E-state index is 11.1. The number of hydrogen-bond donors (Lipinski definition) is 2. The van der Waals surface area contributed by atoms with E-state index in [1.807, 2.05) is 13.8 Å². The van der Waals surface area contributed by atoms with Crippen LogP contribution in [0.4, 0.5) is 5.82 Å². The fraction of sp³-hybridized carbons (Fsp3) is 0.625. The van der Waals surface area contributed by atoms with E-state index in [0.29, 0.717) is 11.4 Å². The highest BCUT2D eigenvalue weighted by Gasteiger charge is 2.08. The van der Waals surface area contributed by atoms with Crippen LogP contribution in [0, 0.1) is 0 Å². The van der Waals surface area contributed by atoms with Gasteiger partial charge in [0, 0.05) is 18.8 Å². The van der Waals surface area contributed by atoms with E-state index in [4.69, 9.17) is 9.84 Å². The molecule has 0 aliphatic heterocycles. The lowest BCUT2D eigenvalue weighted by Gasteiger charge is -2.10. The third-order valence-electron chi connectivity index (χ3n) is 2.96. The molecule has 0 saturated carbocycles. The minimum absolute atomic E-state index is 0.267. The Morgan fingerprint density at radius 1 is 1.38 bits per heavy atom. The van der Waals surface area contributed by atoms with Gasteiger partial charge in [0.25, 0.3) is 0 Å². The van der Waals surface area contributed by atoms with Crippen molar-refractivity contribution in [3.63, 3.8) is 0 Å². The first-order valence-electron chi connectivity index (χ1n) is 7.62. The summed E-state index contributed by atoms with van der Waals surface area (Å²) in [4.78, 5) is 15.6. The first kappa shape index (κ1) is 17.4. The van der Waals surface area contributed by atoms with Crippen molar-refractivity contribution in [1.29, 1.82) is 0 Å². The highest BCUT2D eigenvalue weighted by molar-refractivity contribution is 5.88. The molecule has 0 spiro atoms. The number of aromatic carboxylic acids is 1. The Morgan fingerprint density at radius 2 is 2.14 bits per heavy atom. The standard InChI is InChI=1S/C16H26N2O3/c1-4-7-14-10-13(16(19)20)11-15(18-14)17-8-5-6-9-21-12(2)3/h10-12H,4-9H2,1-3H3,(H,17,18)(H,19,20). The molecule has 0 saturated heterocycles. The second kappa shape index (κ2) is 9.34. The van der Waals surface area contributed by atoms with Crippen molar-refractivity contribution in [1.82, 2.24) is 4.98 Å². The normalized spacial score (nSPS) is 10.9. The lowest BCUT2D eigenvalue weighted by molar-refractivity contribution is 0.0696. The SMILES string of the molecule is CCCc1cc(C(=O)O)cc(NCCCCOC(C)C)n1. The summed E-state index contributed by atoms with van der Waals surface area (Å²) in [6.07, 6.45) is 3.95. The van der Waals surface area contributed by atoms with Gasteiger partial charge in [0.1, 0.15) is 5.82 Å². The minimum Gasteiger partial charge on any atom is -0.478 e. The number of aromatic nitrogens is 1. The van der Waals surface area contributed by atoms with E-state index >= 15 is 0 Å². The summed E-state index contributed by atoms with van der Waals surface area (Å²) < 4.78 is 5.47. The molecule has 0 fully saturated rings. The van der Waals surface area contributed by atoms with Crippen LogP contribution in [0.1, 0.15) is 56.1 Å². The van der Waals surface area contributed by atoms with Crippen LogP contribution in [-0.2, 0) is 11.2 Å². The topological polar surface area (TPSA) is 71.5 Å². The van der Waals surface area contributed by atoms with E-state index in [-0.39, 0.29) is 6.10 Å². The predicted molar refractivity (Wildman–Crippen MR) is 84.0 cm³/mol. The number of carboxylic acid groups (broad SMARTS) is 1. The molecule has 1 aromatic rings. The van der Waals surface area contributed by atoms with E-state index in [1.54, 1.807) is 12.1 Å². The number of ether oxygens (including phenoxy) is 1. The number of carbonyl (C=O) groups is 1. The van der Waals surface area contributed by atoms with Crippen molar-refractivity contribution in [2.75, 3.05) is 18.5 Å². The summed E-state index contributed by atoms with van der Waals surface area (Å²) in [5, 5.41) is 12.3. The Balaban J connectivity index is 2.48. The van der Waals surface area contributed by atoms with Crippen LogP contribution in [-0.4, -0.2) is 35.3 Å². The van der Waals surface area contributed by atoms with Crippen molar-refractivity contribution in [3.05, 3.63) is 23.4 Å². The van der Waals surface area contributed by atoms with Gasteiger partial charge in [-0.3, -0.25) is 0 Å². The fourth-order valence-electron chi connectivity index (χ4n) is 1.95. The number of unbranched alkanes of at least 4 members (excludes halogenated alkanes) is 1. The summed E-state index contributed by atoms with van der Waals surface area (Å²) in [6.45, 7) is 7.62. The zero-order chi connectivity index (χ0) is 15.7. The molecular weight excluding hydrogens is 268 g/mol. The third kappa shape index (κ3) is 7.09. The molecule has 0 aliphatic rings. The molecule has 0 amide bonds. The fourth-order valence-corrected chi connectivity index (χ4v) is 1.95. The number of rotatable bonds is 10. The van der Waals surface area contributed by atoms with Gasteiger partial charge in [0.2, 0.25) is 0 Å². The number of nitrogens with one attached hydrogen (secondary N) is 1. The Labute approximate surface area is 126 Å². The van der Waals surface area contributed by atoms with Crippen LogP contribution in [0.15, 0.2) is 12.1 Å². The Hall–Kier alpha value is -1.62. The van der Waals surface area contributed by atoms with Crippen LogP contribution in [0.25, 0.3) is 0 Å². The third-order valence-corrected chi connectivity index (χ3v) is 2.96. The maximum Gasteiger partial charge on any atom is 0.335 e. The van der Waals surface area contributed by atoms with E-state index in [2.05, 4.69) is 17.2 Å². The number of anilines is 1. The van der Waals surface area contributed by atoms with Gasteiger partial charge in [-0.05, 0) is 45.2 Å².